The number of alkyl halides is 2. The molecule has 0 heterocycles. The number of Topliss-reactive ketones (excluding diaryl/α,β-unsaturated/α-hetero) is 1. The smallest absolute Gasteiger partial charge is 0.264 e. The largest absolute Gasteiger partial charge is 0.300 e. The van der Waals surface area contributed by atoms with Crippen LogP contribution in [0.1, 0.15) is 48.8 Å². The molecule has 1 aromatic carbocycles. The van der Waals surface area contributed by atoms with Crippen LogP contribution in [0.4, 0.5) is 8.78 Å². The zero-order valence-corrected chi connectivity index (χ0v) is 9.96. The Labute approximate surface area is 105 Å². The first-order valence-corrected chi connectivity index (χ1v) is 6.25. The van der Waals surface area contributed by atoms with Crippen LogP contribution in [0, 0.1) is 0 Å². The molecule has 18 heavy (non-hydrogen) atoms. The van der Waals surface area contributed by atoms with E-state index in [1.165, 1.54) is 6.07 Å². The molecule has 1 nitrogen and oxygen atoms in total. The zero-order chi connectivity index (χ0) is 12.8. The number of rotatable bonds is 1. The summed E-state index contributed by atoms with van der Waals surface area (Å²) in [7, 11) is 0. The normalized spacial score (nSPS) is 26.1. The van der Waals surface area contributed by atoms with Crippen LogP contribution in [0.5, 0.6) is 0 Å². The number of halogens is 2. The van der Waals surface area contributed by atoms with Gasteiger partial charge in [0, 0.05) is 23.8 Å². The van der Waals surface area contributed by atoms with Crippen molar-refractivity contribution in [2.45, 2.75) is 37.5 Å². The summed E-state index contributed by atoms with van der Waals surface area (Å²) in [4.78, 5) is 11.7. The summed E-state index contributed by atoms with van der Waals surface area (Å²) in [6.07, 6.45) is 4.09. The Hall–Kier alpha value is -1.51. The second-order valence-corrected chi connectivity index (χ2v) is 5.17. The molecule has 0 aliphatic heterocycles. The molecule has 2 aliphatic rings. The van der Waals surface area contributed by atoms with Crippen LogP contribution in [0.2, 0.25) is 0 Å². The maximum atomic E-state index is 13.0. The highest BCUT2D eigenvalue weighted by atomic mass is 19.3. The predicted molar refractivity (Wildman–Crippen MR) is 65.6 cm³/mol. The van der Waals surface area contributed by atoms with Crippen LogP contribution in [0.25, 0.3) is 6.08 Å². The number of benzene rings is 1. The van der Waals surface area contributed by atoms with E-state index >= 15 is 0 Å². The van der Waals surface area contributed by atoms with Gasteiger partial charge in [0.05, 0.1) is 0 Å². The molecule has 1 unspecified atom stereocenters. The lowest BCUT2D eigenvalue weighted by molar-refractivity contribution is -0.121. The maximum absolute atomic E-state index is 13.0. The van der Waals surface area contributed by atoms with E-state index in [0.717, 1.165) is 18.4 Å². The molecule has 2 aliphatic carbocycles. The first kappa shape index (κ1) is 11.6. The zero-order valence-electron chi connectivity index (χ0n) is 9.96. The number of hydrogen-bond acceptors (Lipinski definition) is 1. The topological polar surface area (TPSA) is 17.1 Å². The van der Waals surface area contributed by atoms with Crippen molar-refractivity contribution in [3.8, 4) is 0 Å². The molecule has 0 saturated heterocycles. The van der Waals surface area contributed by atoms with E-state index < -0.39 is 6.43 Å². The summed E-state index contributed by atoms with van der Waals surface area (Å²) in [5, 5.41) is 0. The third-order valence-electron chi connectivity index (χ3n) is 4.07. The van der Waals surface area contributed by atoms with Crippen LogP contribution in [-0.2, 0) is 10.2 Å². The van der Waals surface area contributed by atoms with Gasteiger partial charge in [-0.25, -0.2) is 8.78 Å². The Bertz CT molecular complexity index is 533. The van der Waals surface area contributed by atoms with Gasteiger partial charge in [0.2, 0.25) is 0 Å². The molecule has 0 radical (unpaired) electrons. The second-order valence-electron chi connectivity index (χ2n) is 5.17. The van der Waals surface area contributed by atoms with Gasteiger partial charge < -0.3 is 0 Å². The minimum atomic E-state index is -2.46. The van der Waals surface area contributed by atoms with E-state index in [9.17, 15) is 13.6 Å². The molecular weight excluding hydrogens is 234 g/mol. The lowest BCUT2D eigenvalue weighted by Gasteiger charge is -2.32. The van der Waals surface area contributed by atoms with Gasteiger partial charge in [0.15, 0.2) is 0 Å². The fraction of sp³-hybridized carbons (Fsp3) is 0.400. The van der Waals surface area contributed by atoms with Gasteiger partial charge in [-0.15, -0.1) is 0 Å². The van der Waals surface area contributed by atoms with Gasteiger partial charge in [-0.2, -0.15) is 0 Å². The van der Waals surface area contributed by atoms with Crippen molar-refractivity contribution >= 4 is 11.9 Å². The van der Waals surface area contributed by atoms with E-state index in [-0.39, 0.29) is 16.8 Å². The number of carbonyl (C=O) groups is 1. The quantitative estimate of drug-likeness (QED) is 0.733. The van der Waals surface area contributed by atoms with Crippen molar-refractivity contribution < 1.29 is 13.6 Å². The third kappa shape index (κ3) is 1.61. The van der Waals surface area contributed by atoms with Crippen molar-refractivity contribution in [1.82, 2.24) is 0 Å². The highest BCUT2D eigenvalue weighted by Gasteiger charge is 2.40. The standard InChI is InChI=1S/C15H14F2O/c16-14(17)12-4-1-5-13-11(12)6-8-15(13)7-2-3-10(18)9-15/h1,4-6,8,14H,2-3,7,9H2. The monoisotopic (exact) mass is 248 g/mol. The van der Waals surface area contributed by atoms with Crippen LogP contribution < -0.4 is 0 Å². The number of allylic oxidation sites excluding steroid dienone is 1. The van der Waals surface area contributed by atoms with Gasteiger partial charge in [-0.3, -0.25) is 4.79 Å². The Balaban J connectivity index is 2.10. The lowest BCUT2D eigenvalue weighted by Crippen LogP contribution is -2.30. The summed E-state index contributed by atoms with van der Waals surface area (Å²) in [6, 6.07) is 5.03. The van der Waals surface area contributed by atoms with Crippen LogP contribution in [0.3, 0.4) is 0 Å². The summed E-state index contributed by atoms with van der Waals surface area (Å²) in [5.41, 5.74) is 1.31. The SMILES string of the molecule is O=C1CCCC2(C=Cc3c(C(F)F)cccc32)C1. The third-order valence-corrected chi connectivity index (χ3v) is 4.07. The van der Waals surface area contributed by atoms with E-state index in [4.69, 9.17) is 0 Å². The van der Waals surface area contributed by atoms with Gasteiger partial charge in [0.1, 0.15) is 5.78 Å². The van der Waals surface area contributed by atoms with Crippen molar-refractivity contribution in [1.29, 1.82) is 0 Å². The van der Waals surface area contributed by atoms with Crippen LogP contribution >= 0.6 is 0 Å². The Morgan fingerprint density at radius 3 is 2.83 bits per heavy atom. The highest BCUT2D eigenvalue weighted by Crippen LogP contribution is 2.47. The average Bonchev–Trinajstić information content (AvgIpc) is 2.68. The van der Waals surface area contributed by atoms with E-state index in [1.54, 1.807) is 12.1 Å². The Morgan fingerprint density at radius 2 is 2.11 bits per heavy atom. The molecule has 0 aromatic heterocycles. The molecule has 0 N–H and O–H groups in total. The van der Waals surface area contributed by atoms with Crippen molar-refractivity contribution in [2.24, 2.45) is 0 Å². The fourth-order valence-corrected chi connectivity index (χ4v) is 3.23. The molecule has 0 amide bonds. The van der Waals surface area contributed by atoms with E-state index in [2.05, 4.69) is 0 Å². The summed E-state index contributed by atoms with van der Waals surface area (Å²) < 4.78 is 25.9. The summed E-state index contributed by atoms with van der Waals surface area (Å²) in [6.45, 7) is 0. The van der Waals surface area contributed by atoms with Gasteiger partial charge in [0.25, 0.3) is 6.43 Å². The molecule has 1 atom stereocenters. The van der Waals surface area contributed by atoms with E-state index in [1.807, 2.05) is 12.1 Å². The molecule has 1 spiro atoms. The Kier molecular flexibility index (Phi) is 2.58. The van der Waals surface area contributed by atoms with Crippen molar-refractivity contribution in [2.75, 3.05) is 0 Å². The molecule has 1 fully saturated rings. The lowest BCUT2D eigenvalue weighted by atomic mass is 9.70. The maximum Gasteiger partial charge on any atom is 0.264 e. The van der Waals surface area contributed by atoms with Crippen LogP contribution in [-0.4, -0.2) is 5.78 Å². The van der Waals surface area contributed by atoms with Crippen molar-refractivity contribution in [3.63, 3.8) is 0 Å². The first-order valence-electron chi connectivity index (χ1n) is 6.25. The van der Waals surface area contributed by atoms with Crippen molar-refractivity contribution in [3.05, 3.63) is 41.0 Å². The van der Waals surface area contributed by atoms with E-state index in [0.29, 0.717) is 18.4 Å². The number of ketones is 1. The average molecular weight is 248 g/mol. The fourth-order valence-electron chi connectivity index (χ4n) is 3.23. The van der Waals surface area contributed by atoms with Gasteiger partial charge >= 0.3 is 0 Å². The molecule has 3 rings (SSSR count). The molecule has 1 saturated carbocycles. The van der Waals surface area contributed by atoms with Crippen LogP contribution in [0.15, 0.2) is 24.3 Å². The minimum absolute atomic E-state index is 0.0821. The molecule has 0 bridgehead atoms. The highest BCUT2D eigenvalue weighted by molar-refractivity contribution is 5.83. The molecule has 94 valence electrons. The van der Waals surface area contributed by atoms with Gasteiger partial charge in [-0.05, 0) is 24.0 Å². The number of carbonyl (C=O) groups excluding carboxylic acids is 1. The molecule has 1 aromatic rings. The molecule has 3 heteroatoms. The molecular formula is C15H14F2O. The Morgan fingerprint density at radius 1 is 1.28 bits per heavy atom. The first-order chi connectivity index (χ1) is 8.62. The number of hydrogen-bond donors (Lipinski definition) is 0. The summed E-state index contributed by atoms with van der Waals surface area (Å²) in [5.74, 6) is 0.237. The number of fused-ring (bicyclic) bond motifs is 2. The second kappa shape index (κ2) is 4.01. The van der Waals surface area contributed by atoms with Gasteiger partial charge in [-0.1, -0.05) is 30.4 Å². The predicted octanol–water partition coefficient (Wildman–Crippen LogP) is 4.03. The minimum Gasteiger partial charge on any atom is -0.300 e. The summed E-state index contributed by atoms with van der Waals surface area (Å²) >= 11 is 0.